The van der Waals surface area contributed by atoms with Crippen LogP contribution in [0.1, 0.15) is 47.7 Å². The number of likely N-dealkylation sites (tertiary alicyclic amines) is 1. The number of hydrogen-bond acceptors (Lipinski definition) is 4. The van der Waals surface area contributed by atoms with Crippen molar-refractivity contribution in [3.8, 4) is 0 Å². The lowest BCUT2D eigenvalue weighted by Gasteiger charge is -2.37. The van der Waals surface area contributed by atoms with Crippen molar-refractivity contribution in [2.45, 2.75) is 51.7 Å². The highest BCUT2D eigenvalue weighted by Gasteiger charge is 2.30. The second kappa shape index (κ2) is 7.04. The van der Waals surface area contributed by atoms with E-state index in [1.54, 1.807) is 0 Å². The van der Waals surface area contributed by atoms with Gasteiger partial charge in [-0.15, -0.1) is 11.3 Å². The zero-order valence-electron chi connectivity index (χ0n) is 12.6. The molecule has 2 unspecified atom stereocenters. The van der Waals surface area contributed by atoms with Gasteiger partial charge in [-0.2, -0.15) is 0 Å². The van der Waals surface area contributed by atoms with Gasteiger partial charge in [0.05, 0.1) is 11.4 Å². The predicted molar refractivity (Wildman–Crippen MR) is 84.2 cm³/mol. The molecule has 21 heavy (non-hydrogen) atoms. The van der Waals surface area contributed by atoms with Crippen molar-refractivity contribution in [3.63, 3.8) is 0 Å². The average Bonchev–Trinajstić information content (AvgIpc) is 2.93. The number of thiophene rings is 1. The smallest absolute Gasteiger partial charge is 0.264 e. The maximum Gasteiger partial charge on any atom is 0.264 e. The number of piperidine rings is 1. The van der Waals surface area contributed by atoms with Crippen LogP contribution < -0.4 is 11.1 Å². The second-order valence-corrected chi connectivity index (χ2v) is 6.76. The van der Waals surface area contributed by atoms with Crippen molar-refractivity contribution in [1.29, 1.82) is 0 Å². The molecule has 3 N–H and O–H groups in total. The first-order chi connectivity index (χ1) is 9.99. The molecule has 1 saturated heterocycles. The van der Waals surface area contributed by atoms with Crippen LogP contribution in [-0.2, 0) is 11.3 Å². The maximum atomic E-state index is 12.7. The standard InChI is InChI=1S/C15H23N3O2S/c1-10(16)13-5-3-4-8-18(13)15(20)14-7-6-12(21-14)9-17-11(2)19/h6-7,10,13H,3-5,8-9,16H2,1-2H3,(H,17,19). The van der Waals surface area contributed by atoms with Crippen molar-refractivity contribution in [3.05, 3.63) is 21.9 Å². The molecule has 116 valence electrons. The highest BCUT2D eigenvalue weighted by Crippen LogP contribution is 2.24. The van der Waals surface area contributed by atoms with Gasteiger partial charge in [0.15, 0.2) is 0 Å². The fourth-order valence-corrected chi connectivity index (χ4v) is 3.60. The number of hydrogen-bond donors (Lipinski definition) is 2. The van der Waals surface area contributed by atoms with Crippen molar-refractivity contribution in [2.24, 2.45) is 5.73 Å². The molecule has 2 atom stereocenters. The zero-order valence-corrected chi connectivity index (χ0v) is 13.4. The molecule has 0 aromatic carbocycles. The molecule has 6 heteroatoms. The quantitative estimate of drug-likeness (QED) is 0.889. The summed E-state index contributed by atoms with van der Waals surface area (Å²) in [6.07, 6.45) is 3.15. The first-order valence-corrected chi connectivity index (χ1v) is 8.20. The van der Waals surface area contributed by atoms with E-state index in [1.807, 2.05) is 24.0 Å². The lowest BCUT2D eigenvalue weighted by Crippen LogP contribution is -2.51. The van der Waals surface area contributed by atoms with Crippen LogP contribution in [-0.4, -0.2) is 35.3 Å². The Kier molecular flexibility index (Phi) is 5.36. The van der Waals surface area contributed by atoms with E-state index in [-0.39, 0.29) is 23.9 Å². The van der Waals surface area contributed by atoms with E-state index in [9.17, 15) is 9.59 Å². The van der Waals surface area contributed by atoms with Gasteiger partial charge in [-0.25, -0.2) is 0 Å². The minimum atomic E-state index is -0.0654. The van der Waals surface area contributed by atoms with Crippen molar-refractivity contribution in [1.82, 2.24) is 10.2 Å². The fourth-order valence-electron chi connectivity index (χ4n) is 2.70. The molecule has 1 aliphatic rings. The van der Waals surface area contributed by atoms with Gasteiger partial charge in [0.2, 0.25) is 5.91 Å². The van der Waals surface area contributed by atoms with Gasteiger partial charge in [0.25, 0.3) is 5.91 Å². The van der Waals surface area contributed by atoms with Crippen LogP contribution in [0.2, 0.25) is 0 Å². The Balaban J connectivity index is 2.06. The SMILES string of the molecule is CC(=O)NCc1ccc(C(=O)N2CCCCC2C(C)N)s1. The summed E-state index contributed by atoms with van der Waals surface area (Å²) in [5.74, 6) is 0.000373. The maximum absolute atomic E-state index is 12.7. The number of carbonyl (C=O) groups excluding carboxylic acids is 2. The van der Waals surface area contributed by atoms with Gasteiger partial charge >= 0.3 is 0 Å². The lowest BCUT2D eigenvalue weighted by atomic mass is 9.97. The summed E-state index contributed by atoms with van der Waals surface area (Å²) in [5.41, 5.74) is 6.02. The van der Waals surface area contributed by atoms with Crippen LogP contribution in [0.3, 0.4) is 0 Å². The normalized spacial score (nSPS) is 20.1. The minimum absolute atomic E-state index is 0.00642. The lowest BCUT2D eigenvalue weighted by molar-refractivity contribution is -0.119. The third-order valence-corrected chi connectivity index (χ3v) is 4.87. The van der Waals surface area contributed by atoms with Crippen LogP contribution in [0.15, 0.2) is 12.1 Å². The van der Waals surface area contributed by atoms with E-state index in [2.05, 4.69) is 5.32 Å². The highest BCUT2D eigenvalue weighted by molar-refractivity contribution is 7.14. The molecule has 0 radical (unpaired) electrons. The van der Waals surface area contributed by atoms with Crippen molar-refractivity contribution < 1.29 is 9.59 Å². The minimum Gasteiger partial charge on any atom is -0.351 e. The molecule has 5 nitrogen and oxygen atoms in total. The molecular weight excluding hydrogens is 286 g/mol. The average molecular weight is 309 g/mol. The molecule has 0 aliphatic carbocycles. The molecular formula is C15H23N3O2S. The molecule has 1 fully saturated rings. The van der Waals surface area contributed by atoms with Crippen LogP contribution >= 0.6 is 11.3 Å². The van der Waals surface area contributed by atoms with Crippen molar-refractivity contribution >= 4 is 23.2 Å². The van der Waals surface area contributed by atoms with E-state index in [0.29, 0.717) is 6.54 Å². The number of nitrogens with one attached hydrogen (secondary N) is 1. The third-order valence-electron chi connectivity index (χ3n) is 3.80. The molecule has 2 rings (SSSR count). The Labute approximate surface area is 129 Å². The second-order valence-electron chi connectivity index (χ2n) is 5.60. The Morgan fingerprint density at radius 2 is 2.24 bits per heavy atom. The summed E-state index contributed by atoms with van der Waals surface area (Å²) in [6.45, 7) is 4.71. The summed E-state index contributed by atoms with van der Waals surface area (Å²) in [4.78, 5) is 27.2. The Morgan fingerprint density at radius 3 is 2.90 bits per heavy atom. The van der Waals surface area contributed by atoms with Crippen LogP contribution in [0, 0.1) is 0 Å². The van der Waals surface area contributed by atoms with Crippen LogP contribution in [0.4, 0.5) is 0 Å². The van der Waals surface area contributed by atoms with E-state index in [4.69, 9.17) is 5.73 Å². The zero-order chi connectivity index (χ0) is 15.4. The number of carbonyl (C=O) groups is 2. The van der Waals surface area contributed by atoms with Gasteiger partial charge in [-0.1, -0.05) is 0 Å². The fraction of sp³-hybridized carbons (Fsp3) is 0.600. The van der Waals surface area contributed by atoms with Crippen LogP contribution in [0.5, 0.6) is 0 Å². The largest absolute Gasteiger partial charge is 0.351 e. The third kappa shape index (κ3) is 4.04. The Bertz CT molecular complexity index is 513. The van der Waals surface area contributed by atoms with Gasteiger partial charge in [0.1, 0.15) is 0 Å². The van der Waals surface area contributed by atoms with E-state index in [0.717, 1.165) is 35.6 Å². The Hall–Kier alpha value is -1.40. The summed E-state index contributed by atoms with van der Waals surface area (Å²) in [5, 5.41) is 2.75. The van der Waals surface area contributed by atoms with E-state index >= 15 is 0 Å². The number of amides is 2. The molecule has 2 amide bonds. The van der Waals surface area contributed by atoms with Gasteiger partial charge in [-0.3, -0.25) is 9.59 Å². The summed E-state index contributed by atoms with van der Waals surface area (Å²) in [6, 6.07) is 3.87. The number of rotatable bonds is 4. The first-order valence-electron chi connectivity index (χ1n) is 7.38. The number of nitrogens with two attached hydrogens (primary N) is 1. The molecule has 0 bridgehead atoms. The topological polar surface area (TPSA) is 75.4 Å². The predicted octanol–water partition coefficient (Wildman–Crippen LogP) is 1.73. The molecule has 2 heterocycles. The molecule has 1 aliphatic heterocycles. The Morgan fingerprint density at radius 1 is 1.48 bits per heavy atom. The van der Waals surface area contributed by atoms with Gasteiger partial charge in [0, 0.05) is 30.4 Å². The first kappa shape index (κ1) is 16.0. The van der Waals surface area contributed by atoms with Crippen LogP contribution in [0.25, 0.3) is 0 Å². The highest BCUT2D eigenvalue weighted by atomic mass is 32.1. The molecule has 1 aromatic heterocycles. The number of nitrogens with zero attached hydrogens (tertiary/aromatic N) is 1. The molecule has 1 aromatic rings. The van der Waals surface area contributed by atoms with E-state index < -0.39 is 0 Å². The monoisotopic (exact) mass is 309 g/mol. The van der Waals surface area contributed by atoms with Gasteiger partial charge in [-0.05, 0) is 38.3 Å². The summed E-state index contributed by atoms with van der Waals surface area (Å²) in [7, 11) is 0. The molecule has 0 saturated carbocycles. The summed E-state index contributed by atoms with van der Waals surface area (Å²) < 4.78 is 0. The summed E-state index contributed by atoms with van der Waals surface area (Å²) >= 11 is 1.44. The van der Waals surface area contributed by atoms with E-state index in [1.165, 1.54) is 18.3 Å². The van der Waals surface area contributed by atoms with Gasteiger partial charge < -0.3 is 16.0 Å². The molecule has 0 spiro atoms. The van der Waals surface area contributed by atoms with Crippen molar-refractivity contribution in [2.75, 3.05) is 6.54 Å².